The molecule has 3 nitrogen and oxygen atoms in total. The fourth-order valence-corrected chi connectivity index (χ4v) is 2.81. The summed E-state index contributed by atoms with van der Waals surface area (Å²) in [4.78, 5) is 4.33. The van der Waals surface area contributed by atoms with Crippen molar-refractivity contribution in [2.45, 2.75) is 26.7 Å². The van der Waals surface area contributed by atoms with E-state index in [-0.39, 0.29) is 0 Å². The molecule has 1 aliphatic rings. The number of ether oxygens (including phenoxy) is 1. The average molecular weight is 220 g/mol. The summed E-state index contributed by atoms with van der Waals surface area (Å²) >= 11 is 0. The predicted molar refractivity (Wildman–Crippen MR) is 64.6 cm³/mol. The van der Waals surface area contributed by atoms with Gasteiger partial charge in [-0.25, -0.2) is 4.98 Å². The van der Waals surface area contributed by atoms with E-state index in [1.165, 1.54) is 5.56 Å². The third-order valence-electron chi connectivity index (χ3n) is 3.91. The number of nitrogens with zero attached hydrogens (tertiary/aromatic N) is 1. The fraction of sp³-hybridized carbons (Fsp3) is 0.615. The molecule has 1 fully saturated rings. The highest BCUT2D eigenvalue weighted by molar-refractivity contribution is 5.36. The van der Waals surface area contributed by atoms with E-state index in [9.17, 15) is 0 Å². The summed E-state index contributed by atoms with van der Waals surface area (Å²) in [6.45, 7) is 7.33. The van der Waals surface area contributed by atoms with Gasteiger partial charge < -0.3 is 10.5 Å². The first-order valence-electron chi connectivity index (χ1n) is 5.73. The molecule has 16 heavy (non-hydrogen) atoms. The fourth-order valence-electron chi connectivity index (χ4n) is 2.81. The summed E-state index contributed by atoms with van der Waals surface area (Å²) in [5.74, 6) is 1.85. The smallest absolute Gasteiger partial charge is 0.215 e. The maximum atomic E-state index is 5.79. The molecule has 1 saturated carbocycles. The first-order valence-corrected chi connectivity index (χ1v) is 5.73. The van der Waals surface area contributed by atoms with Gasteiger partial charge in [-0.05, 0) is 42.3 Å². The second-order valence-corrected chi connectivity index (χ2v) is 5.24. The van der Waals surface area contributed by atoms with E-state index in [0.29, 0.717) is 23.1 Å². The molecule has 0 unspecified atom stereocenters. The Balaban J connectivity index is 2.27. The highest BCUT2D eigenvalue weighted by Gasteiger charge is 2.57. The maximum Gasteiger partial charge on any atom is 0.215 e. The minimum Gasteiger partial charge on any atom is -0.481 e. The second kappa shape index (κ2) is 3.74. The standard InChI is InChI=1S/C13H20N2O/c1-8-5-9(7-15-12(8)16-4)11-10(6-14)13(11,2)3/h5,7,10-11H,6,14H2,1-4H3/t10-,11-/m0/s1. The molecule has 88 valence electrons. The van der Waals surface area contributed by atoms with Gasteiger partial charge in [-0.15, -0.1) is 0 Å². The topological polar surface area (TPSA) is 48.1 Å². The summed E-state index contributed by atoms with van der Waals surface area (Å²) in [6, 6.07) is 2.17. The largest absolute Gasteiger partial charge is 0.481 e. The highest BCUT2D eigenvalue weighted by atomic mass is 16.5. The average Bonchev–Trinajstić information content (AvgIpc) is 2.80. The number of nitrogens with two attached hydrogens (primary N) is 1. The number of pyridine rings is 1. The van der Waals surface area contributed by atoms with Crippen molar-refractivity contribution in [1.82, 2.24) is 4.98 Å². The molecule has 0 saturated heterocycles. The molecule has 1 aromatic rings. The summed E-state index contributed by atoms with van der Waals surface area (Å²) in [5, 5.41) is 0. The molecule has 1 aliphatic carbocycles. The van der Waals surface area contributed by atoms with Crippen molar-refractivity contribution in [2.24, 2.45) is 17.1 Å². The Hall–Kier alpha value is -1.09. The van der Waals surface area contributed by atoms with Gasteiger partial charge in [0.15, 0.2) is 0 Å². The Morgan fingerprint density at radius 3 is 2.62 bits per heavy atom. The first kappa shape index (κ1) is 11.4. The van der Waals surface area contributed by atoms with Gasteiger partial charge >= 0.3 is 0 Å². The van der Waals surface area contributed by atoms with Gasteiger partial charge in [0.05, 0.1) is 7.11 Å². The Kier molecular flexibility index (Phi) is 2.66. The summed E-state index contributed by atoms with van der Waals surface area (Å²) < 4.78 is 5.17. The van der Waals surface area contributed by atoms with Crippen LogP contribution in [0, 0.1) is 18.3 Å². The van der Waals surface area contributed by atoms with Gasteiger partial charge in [0.2, 0.25) is 5.88 Å². The molecule has 2 atom stereocenters. The van der Waals surface area contributed by atoms with Gasteiger partial charge in [-0.3, -0.25) is 0 Å². The molecule has 1 aromatic heterocycles. The normalized spacial score (nSPS) is 26.6. The van der Waals surface area contributed by atoms with E-state index in [4.69, 9.17) is 10.5 Å². The van der Waals surface area contributed by atoms with Crippen LogP contribution in [0.5, 0.6) is 5.88 Å². The number of hydrogen-bond donors (Lipinski definition) is 1. The molecule has 0 radical (unpaired) electrons. The number of methoxy groups -OCH3 is 1. The molecule has 0 amide bonds. The summed E-state index contributed by atoms with van der Waals surface area (Å²) in [7, 11) is 1.65. The van der Waals surface area contributed by atoms with Crippen molar-refractivity contribution in [3.05, 3.63) is 23.4 Å². The van der Waals surface area contributed by atoms with Crippen molar-refractivity contribution < 1.29 is 4.74 Å². The second-order valence-electron chi connectivity index (χ2n) is 5.24. The van der Waals surface area contributed by atoms with E-state index in [0.717, 1.165) is 12.1 Å². The molecule has 2 rings (SSSR count). The van der Waals surface area contributed by atoms with Crippen molar-refractivity contribution in [3.8, 4) is 5.88 Å². The van der Waals surface area contributed by atoms with Crippen LogP contribution in [0.1, 0.15) is 30.9 Å². The third kappa shape index (κ3) is 1.59. The summed E-state index contributed by atoms with van der Waals surface area (Å²) in [6.07, 6.45) is 1.92. The lowest BCUT2D eigenvalue weighted by Gasteiger charge is -2.07. The van der Waals surface area contributed by atoms with Gasteiger partial charge in [0.25, 0.3) is 0 Å². The zero-order valence-corrected chi connectivity index (χ0v) is 10.4. The van der Waals surface area contributed by atoms with E-state index in [2.05, 4.69) is 24.9 Å². The molecule has 3 heteroatoms. The van der Waals surface area contributed by atoms with Crippen molar-refractivity contribution in [2.75, 3.05) is 13.7 Å². The van der Waals surface area contributed by atoms with E-state index in [1.54, 1.807) is 7.11 Å². The Morgan fingerprint density at radius 1 is 1.50 bits per heavy atom. The van der Waals surface area contributed by atoms with Gasteiger partial charge in [0.1, 0.15) is 0 Å². The minimum absolute atomic E-state index is 0.317. The predicted octanol–water partition coefficient (Wildman–Crippen LogP) is 2.10. The van der Waals surface area contributed by atoms with Crippen molar-refractivity contribution >= 4 is 0 Å². The summed E-state index contributed by atoms with van der Waals surface area (Å²) in [5.41, 5.74) is 8.49. The van der Waals surface area contributed by atoms with Crippen LogP contribution < -0.4 is 10.5 Å². The van der Waals surface area contributed by atoms with Crippen molar-refractivity contribution in [3.63, 3.8) is 0 Å². The quantitative estimate of drug-likeness (QED) is 0.848. The third-order valence-corrected chi connectivity index (χ3v) is 3.91. The van der Waals surface area contributed by atoms with Crippen LogP contribution >= 0.6 is 0 Å². The molecule has 0 aliphatic heterocycles. The number of rotatable bonds is 3. The zero-order valence-electron chi connectivity index (χ0n) is 10.4. The molecule has 0 bridgehead atoms. The Morgan fingerprint density at radius 2 is 2.19 bits per heavy atom. The number of aryl methyl sites for hydroxylation is 1. The van der Waals surface area contributed by atoms with Gasteiger partial charge in [0, 0.05) is 11.8 Å². The van der Waals surface area contributed by atoms with E-state index >= 15 is 0 Å². The lowest BCUT2D eigenvalue weighted by molar-refractivity contribution is 0.394. The SMILES string of the molecule is COc1ncc([C@H]2[C@H](CN)C2(C)C)cc1C. The maximum absolute atomic E-state index is 5.79. The molecule has 2 N–H and O–H groups in total. The van der Waals surface area contributed by atoms with Crippen LogP contribution in [0.2, 0.25) is 0 Å². The number of aromatic nitrogens is 1. The van der Waals surface area contributed by atoms with Crippen LogP contribution in [0.25, 0.3) is 0 Å². The Labute approximate surface area is 97.0 Å². The van der Waals surface area contributed by atoms with Crippen LogP contribution in [0.4, 0.5) is 0 Å². The number of hydrogen-bond acceptors (Lipinski definition) is 3. The van der Waals surface area contributed by atoms with Gasteiger partial charge in [-0.2, -0.15) is 0 Å². The van der Waals surface area contributed by atoms with E-state index in [1.807, 2.05) is 13.1 Å². The Bertz CT molecular complexity index is 401. The lowest BCUT2D eigenvalue weighted by atomic mass is 10.0. The monoisotopic (exact) mass is 220 g/mol. The molecule has 1 heterocycles. The molecular formula is C13H20N2O. The van der Waals surface area contributed by atoms with Crippen LogP contribution in [0.15, 0.2) is 12.3 Å². The first-order chi connectivity index (χ1) is 7.52. The van der Waals surface area contributed by atoms with E-state index < -0.39 is 0 Å². The lowest BCUT2D eigenvalue weighted by Crippen LogP contribution is -2.05. The van der Waals surface area contributed by atoms with Gasteiger partial charge in [-0.1, -0.05) is 13.8 Å². The van der Waals surface area contributed by atoms with Crippen LogP contribution in [-0.2, 0) is 0 Å². The van der Waals surface area contributed by atoms with Crippen LogP contribution in [-0.4, -0.2) is 18.6 Å². The van der Waals surface area contributed by atoms with Crippen molar-refractivity contribution in [1.29, 1.82) is 0 Å². The molecule has 0 aromatic carbocycles. The molecule has 0 spiro atoms. The zero-order chi connectivity index (χ0) is 11.9. The minimum atomic E-state index is 0.317. The highest BCUT2D eigenvalue weighted by Crippen LogP contribution is 2.63. The molecular weight excluding hydrogens is 200 g/mol. The van der Waals surface area contributed by atoms with Crippen LogP contribution in [0.3, 0.4) is 0 Å².